The zero-order valence-electron chi connectivity index (χ0n) is 3.94. The van der Waals surface area contributed by atoms with Crippen molar-refractivity contribution in [3.05, 3.63) is 0 Å². The van der Waals surface area contributed by atoms with Gasteiger partial charge in [-0.15, -0.1) is 0 Å². The summed E-state index contributed by atoms with van der Waals surface area (Å²) < 4.78 is 5.07. The van der Waals surface area contributed by atoms with Crippen LogP contribution in [0.2, 0.25) is 0 Å². The first-order chi connectivity index (χ1) is 3.00. The SMILES string of the molecule is C1CCOCC1.[KH]. The van der Waals surface area contributed by atoms with Crippen molar-refractivity contribution in [1.29, 1.82) is 0 Å². The van der Waals surface area contributed by atoms with Crippen molar-refractivity contribution < 1.29 is 4.74 Å². The van der Waals surface area contributed by atoms with Crippen LogP contribution in [0.4, 0.5) is 0 Å². The average Bonchev–Trinajstić information content (AvgIpc) is 1.72. The first-order valence-electron chi connectivity index (χ1n) is 2.58. The quantitative estimate of drug-likeness (QED) is 0.430. The Balaban J connectivity index is 0.000000360. The van der Waals surface area contributed by atoms with E-state index in [0.29, 0.717) is 0 Å². The second-order valence-electron chi connectivity index (χ2n) is 1.67. The van der Waals surface area contributed by atoms with Crippen LogP contribution in [0.5, 0.6) is 0 Å². The van der Waals surface area contributed by atoms with E-state index in [4.69, 9.17) is 4.74 Å². The molecule has 1 aliphatic rings. The predicted molar refractivity (Wildman–Crippen MR) is 31.8 cm³/mol. The second-order valence-corrected chi connectivity index (χ2v) is 1.67. The molecule has 0 spiro atoms. The van der Waals surface area contributed by atoms with E-state index in [9.17, 15) is 0 Å². The standard InChI is InChI=1S/C5H10O.K.H/c1-2-4-6-5-3-1;;/h1-5H2;;. The zero-order chi connectivity index (χ0) is 4.24. The molecule has 0 atom stereocenters. The molecule has 0 aromatic carbocycles. The Bertz CT molecular complexity index is 23.6. The Labute approximate surface area is 87.2 Å². The molecule has 2 heteroatoms. The molecule has 0 radical (unpaired) electrons. The summed E-state index contributed by atoms with van der Waals surface area (Å²) in [5, 5.41) is 0. The number of hydrogen-bond acceptors (Lipinski definition) is 1. The summed E-state index contributed by atoms with van der Waals surface area (Å²) in [7, 11) is 0. The third kappa shape index (κ3) is 4.12. The molecular formula is C5H11KO. The fourth-order valence-corrected chi connectivity index (χ4v) is 0.687. The molecule has 1 nitrogen and oxygen atoms in total. The molecule has 1 aliphatic heterocycles. The van der Waals surface area contributed by atoms with E-state index >= 15 is 0 Å². The molecule has 0 aromatic heterocycles. The van der Waals surface area contributed by atoms with Gasteiger partial charge in [0.25, 0.3) is 0 Å². The molecule has 1 fully saturated rings. The van der Waals surface area contributed by atoms with Crippen molar-refractivity contribution in [3.8, 4) is 0 Å². The molecule has 0 amide bonds. The van der Waals surface area contributed by atoms with E-state index in [-0.39, 0.29) is 51.4 Å². The van der Waals surface area contributed by atoms with Gasteiger partial charge in [-0.1, -0.05) is 0 Å². The predicted octanol–water partition coefficient (Wildman–Crippen LogP) is 0.538. The summed E-state index contributed by atoms with van der Waals surface area (Å²) in [5.41, 5.74) is 0. The van der Waals surface area contributed by atoms with Crippen molar-refractivity contribution >= 4 is 51.4 Å². The molecule has 7 heavy (non-hydrogen) atoms. The molecule has 0 aliphatic carbocycles. The van der Waals surface area contributed by atoms with Crippen LogP contribution in [0.25, 0.3) is 0 Å². The van der Waals surface area contributed by atoms with Crippen molar-refractivity contribution in [2.45, 2.75) is 19.3 Å². The number of rotatable bonds is 0. The zero-order valence-corrected chi connectivity index (χ0v) is 3.94. The second kappa shape index (κ2) is 5.73. The van der Waals surface area contributed by atoms with Gasteiger partial charge in [0.2, 0.25) is 0 Å². The third-order valence-corrected chi connectivity index (χ3v) is 1.08. The van der Waals surface area contributed by atoms with Crippen LogP contribution in [0.1, 0.15) is 19.3 Å². The van der Waals surface area contributed by atoms with Gasteiger partial charge in [0.15, 0.2) is 0 Å². The molecule has 1 heterocycles. The summed E-state index contributed by atoms with van der Waals surface area (Å²) in [5.74, 6) is 0. The van der Waals surface area contributed by atoms with Crippen molar-refractivity contribution in [3.63, 3.8) is 0 Å². The summed E-state index contributed by atoms with van der Waals surface area (Å²) in [4.78, 5) is 0. The van der Waals surface area contributed by atoms with Crippen molar-refractivity contribution in [2.24, 2.45) is 0 Å². The van der Waals surface area contributed by atoms with Gasteiger partial charge in [0, 0.05) is 13.2 Å². The van der Waals surface area contributed by atoms with Gasteiger partial charge in [0.05, 0.1) is 0 Å². The Kier molecular flexibility index (Phi) is 7.03. The molecule has 0 N–H and O–H groups in total. The van der Waals surface area contributed by atoms with Crippen LogP contribution in [-0.2, 0) is 4.74 Å². The summed E-state index contributed by atoms with van der Waals surface area (Å²) >= 11 is 0. The first kappa shape index (κ1) is 8.60. The number of hydrogen-bond donors (Lipinski definition) is 0. The van der Waals surface area contributed by atoms with Crippen molar-refractivity contribution in [2.75, 3.05) is 13.2 Å². The molecule has 0 unspecified atom stereocenters. The van der Waals surface area contributed by atoms with E-state index in [2.05, 4.69) is 0 Å². The molecular weight excluding hydrogens is 115 g/mol. The van der Waals surface area contributed by atoms with E-state index < -0.39 is 0 Å². The summed E-state index contributed by atoms with van der Waals surface area (Å²) in [6, 6.07) is 0. The van der Waals surface area contributed by atoms with Crippen LogP contribution < -0.4 is 0 Å². The van der Waals surface area contributed by atoms with Gasteiger partial charge in [-0.2, -0.15) is 0 Å². The molecule has 0 bridgehead atoms. The fourth-order valence-electron chi connectivity index (χ4n) is 0.687. The third-order valence-electron chi connectivity index (χ3n) is 1.08. The van der Waals surface area contributed by atoms with Gasteiger partial charge in [-0.3, -0.25) is 0 Å². The topological polar surface area (TPSA) is 9.23 Å². The van der Waals surface area contributed by atoms with Gasteiger partial charge in [-0.25, -0.2) is 0 Å². The van der Waals surface area contributed by atoms with Crippen LogP contribution in [-0.4, -0.2) is 64.6 Å². The maximum atomic E-state index is 5.07. The normalized spacial score (nSPS) is 20.6. The van der Waals surface area contributed by atoms with E-state index in [1.165, 1.54) is 19.3 Å². The minimum atomic E-state index is 0. The monoisotopic (exact) mass is 126 g/mol. The van der Waals surface area contributed by atoms with Crippen LogP contribution in [0.15, 0.2) is 0 Å². The van der Waals surface area contributed by atoms with E-state index in [0.717, 1.165) is 13.2 Å². The summed E-state index contributed by atoms with van der Waals surface area (Å²) in [6.45, 7) is 2.00. The van der Waals surface area contributed by atoms with E-state index in [1.54, 1.807) is 0 Å². The fraction of sp³-hybridized carbons (Fsp3) is 1.00. The van der Waals surface area contributed by atoms with Crippen LogP contribution in [0, 0.1) is 0 Å². The molecule has 38 valence electrons. The van der Waals surface area contributed by atoms with Gasteiger partial charge in [-0.05, 0) is 19.3 Å². The van der Waals surface area contributed by atoms with Gasteiger partial charge >= 0.3 is 51.4 Å². The van der Waals surface area contributed by atoms with Gasteiger partial charge in [0.1, 0.15) is 0 Å². The maximum absolute atomic E-state index is 5.07. The molecule has 0 saturated carbocycles. The van der Waals surface area contributed by atoms with E-state index in [1.807, 2.05) is 0 Å². The minimum absolute atomic E-state index is 0. The Hall–Kier alpha value is 1.60. The average molecular weight is 126 g/mol. The Morgan fingerprint density at radius 3 is 1.57 bits per heavy atom. The first-order valence-corrected chi connectivity index (χ1v) is 2.58. The Morgan fingerprint density at radius 2 is 1.43 bits per heavy atom. The van der Waals surface area contributed by atoms with Crippen LogP contribution >= 0.6 is 0 Å². The molecule has 1 saturated heterocycles. The van der Waals surface area contributed by atoms with Gasteiger partial charge < -0.3 is 4.74 Å². The Morgan fingerprint density at radius 1 is 0.857 bits per heavy atom. The molecule has 1 rings (SSSR count). The summed E-state index contributed by atoms with van der Waals surface area (Å²) in [6.07, 6.45) is 3.93. The van der Waals surface area contributed by atoms with Crippen LogP contribution in [0.3, 0.4) is 0 Å². The molecule has 0 aromatic rings. The van der Waals surface area contributed by atoms with Crippen molar-refractivity contribution in [1.82, 2.24) is 0 Å². The number of ether oxygens (including phenoxy) is 1.